The van der Waals surface area contributed by atoms with Gasteiger partial charge in [-0.15, -0.1) is 0 Å². The molecule has 0 saturated carbocycles. The predicted molar refractivity (Wildman–Crippen MR) is 121 cm³/mol. The van der Waals surface area contributed by atoms with Crippen molar-refractivity contribution in [3.8, 4) is 23.1 Å². The quantitative estimate of drug-likeness (QED) is 0.388. The molecule has 5 rings (SSSR count). The first kappa shape index (κ1) is 19.1. The van der Waals surface area contributed by atoms with E-state index in [2.05, 4.69) is 5.10 Å². The largest absolute Gasteiger partial charge is 0.425 e. The number of para-hydroxylation sites is 1. The maximum Gasteiger partial charge on any atom is 0.311 e. The van der Waals surface area contributed by atoms with Gasteiger partial charge in [0.2, 0.25) is 0 Å². The highest BCUT2D eigenvalue weighted by atomic mass is 35.5. The summed E-state index contributed by atoms with van der Waals surface area (Å²) in [5.41, 5.74) is 2.64. The Bertz CT molecular complexity index is 1420. The fraction of sp³-hybridized carbons (Fsp3) is 0.0417. The lowest BCUT2D eigenvalue weighted by Gasteiger charge is -2.13. The van der Waals surface area contributed by atoms with E-state index in [1.54, 1.807) is 28.9 Å². The molecule has 0 spiro atoms. The number of rotatable bonds is 4. The van der Waals surface area contributed by atoms with Gasteiger partial charge in [0.15, 0.2) is 5.65 Å². The zero-order valence-corrected chi connectivity index (χ0v) is 17.3. The van der Waals surface area contributed by atoms with Crippen molar-refractivity contribution < 1.29 is 4.74 Å². The molecule has 0 fully saturated rings. The normalized spacial score (nSPS) is 11.0. The highest BCUT2D eigenvalue weighted by molar-refractivity contribution is 6.30. The van der Waals surface area contributed by atoms with Gasteiger partial charge in [0.25, 0.3) is 5.56 Å². The molecule has 0 aliphatic rings. The molecule has 0 atom stereocenters. The molecule has 0 N–H and O–H groups in total. The average Bonchev–Trinajstić information content (AvgIpc) is 3.21. The Hall–Kier alpha value is -3.90. The summed E-state index contributed by atoms with van der Waals surface area (Å²) < 4.78 is 9.13. The van der Waals surface area contributed by atoms with E-state index in [0.717, 1.165) is 11.3 Å². The molecule has 0 aliphatic carbocycles. The van der Waals surface area contributed by atoms with Crippen LogP contribution >= 0.6 is 11.6 Å². The van der Waals surface area contributed by atoms with Gasteiger partial charge in [-0.2, -0.15) is 10.1 Å². The molecule has 31 heavy (non-hydrogen) atoms. The van der Waals surface area contributed by atoms with Gasteiger partial charge in [-0.25, -0.2) is 9.25 Å². The third-order valence-corrected chi connectivity index (χ3v) is 5.14. The number of aromatic nitrogens is 4. The van der Waals surface area contributed by atoms with Crippen LogP contribution in [0.25, 0.3) is 22.4 Å². The second-order valence-corrected chi connectivity index (χ2v) is 7.49. The van der Waals surface area contributed by atoms with Crippen molar-refractivity contribution >= 4 is 22.6 Å². The summed E-state index contributed by atoms with van der Waals surface area (Å²) in [4.78, 5) is 18.2. The fourth-order valence-corrected chi connectivity index (χ4v) is 3.43. The summed E-state index contributed by atoms with van der Waals surface area (Å²) in [6.45, 7) is 2.00. The topological polar surface area (TPSA) is 61.9 Å². The molecule has 152 valence electrons. The van der Waals surface area contributed by atoms with Crippen LogP contribution in [-0.2, 0) is 0 Å². The molecule has 0 saturated heterocycles. The van der Waals surface area contributed by atoms with Gasteiger partial charge in [0.05, 0.1) is 17.6 Å². The van der Waals surface area contributed by atoms with Crippen LogP contribution in [-0.4, -0.2) is 19.3 Å². The molecule has 7 heteroatoms. The second-order valence-electron chi connectivity index (χ2n) is 7.06. The Kier molecular flexibility index (Phi) is 4.76. The van der Waals surface area contributed by atoms with Crippen molar-refractivity contribution in [1.29, 1.82) is 0 Å². The molecule has 0 amide bonds. The van der Waals surface area contributed by atoms with E-state index in [1.165, 1.54) is 10.8 Å². The first-order valence-corrected chi connectivity index (χ1v) is 10.0. The van der Waals surface area contributed by atoms with Gasteiger partial charge >= 0.3 is 6.01 Å². The third kappa shape index (κ3) is 3.58. The van der Waals surface area contributed by atoms with Crippen molar-refractivity contribution in [2.45, 2.75) is 6.92 Å². The minimum atomic E-state index is -0.281. The number of hydrogen-bond acceptors (Lipinski definition) is 4. The molecule has 0 unspecified atom stereocenters. The standard InChI is InChI=1S/C24H17ClN4O2/c1-16-7-13-20(14-8-16)31-24-27-22-21(15-26-29(22)19-5-3-2-4-6-19)23(30)28(24)18-11-9-17(25)10-12-18/h2-15H,1H3. The molecule has 0 aliphatic heterocycles. The van der Waals surface area contributed by atoms with Crippen molar-refractivity contribution in [1.82, 2.24) is 19.3 Å². The molecule has 2 heterocycles. The summed E-state index contributed by atoms with van der Waals surface area (Å²) in [5, 5.41) is 5.36. The van der Waals surface area contributed by atoms with Crippen molar-refractivity contribution in [2.24, 2.45) is 0 Å². The van der Waals surface area contributed by atoms with E-state index < -0.39 is 0 Å². The number of hydrogen-bond donors (Lipinski definition) is 0. The number of aryl methyl sites for hydroxylation is 1. The lowest BCUT2D eigenvalue weighted by molar-refractivity contribution is 0.426. The Morgan fingerprint density at radius 1 is 0.871 bits per heavy atom. The van der Waals surface area contributed by atoms with E-state index in [9.17, 15) is 4.79 Å². The number of halogens is 1. The predicted octanol–water partition coefficient (Wildman–Crippen LogP) is 5.33. The van der Waals surface area contributed by atoms with E-state index in [0.29, 0.717) is 27.5 Å². The van der Waals surface area contributed by atoms with Crippen LogP contribution in [0.3, 0.4) is 0 Å². The highest BCUT2D eigenvalue weighted by Gasteiger charge is 2.19. The lowest BCUT2D eigenvalue weighted by atomic mass is 10.2. The van der Waals surface area contributed by atoms with Gasteiger partial charge < -0.3 is 4.74 Å². The van der Waals surface area contributed by atoms with E-state index in [1.807, 2.05) is 61.5 Å². The number of benzene rings is 3. The summed E-state index contributed by atoms with van der Waals surface area (Å²) in [5.74, 6) is 0.574. The highest BCUT2D eigenvalue weighted by Crippen LogP contribution is 2.25. The van der Waals surface area contributed by atoms with Crippen molar-refractivity contribution in [2.75, 3.05) is 0 Å². The van der Waals surface area contributed by atoms with E-state index in [-0.39, 0.29) is 11.6 Å². The van der Waals surface area contributed by atoms with E-state index in [4.69, 9.17) is 21.3 Å². The van der Waals surface area contributed by atoms with Crippen LogP contribution in [0.5, 0.6) is 11.8 Å². The smallest absolute Gasteiger partial charge is 0.311 e. The first-order valence-electron chi connectivity index (χ1n) is 9.67. The van der Waals surface area contributed by atoms with Crippen LogP contribution in [0.2, 0.25) is 5.02 Å². The first-order chi connectivity index (χ1) is 15.1. The van der Waals surface area contributed by atoms with Gasteiger partial charge in [-0.05, 0) is 55.5 Å². The Morgan fingerprint density at radius 3 is 2.29 bits per heavy atom. The van der Waals surface area contributed by atoms with Gasteiger partial charge in [0, 0.05) is 5.02 Å². The van der Waals surface area contributed by atoms with Crippen molar-refractivity contribution in [3.05, 3.63) is 106 Å². The van der Waals surface area contributed by atoms with Gasteiger partial charge in [-0.3, -0.25) is 4.79 Å². The fourth-order valence-electron chi connectivity index (χ4n) is 3.30. The molecular weight excluding hydrogens is 412 g/mol. The van der Waals surface area contributed by atoms with Crippen molar-refractivity contribution in [3.63, 3.8) is 0 Å². The zero-order valence-electron chi connectivity index (χ0n) is 16.6. The minimum absolute atomic E-state index is 0.140. The number of nitrogens with zero attached hydrogens (tertiary/aromatic N) is 4. The summed E-state index contributed by atoms with van der Waals surface area (Å²) >= 11 is 6.04. The van der Waals surface area contributed by atoms with Gasteiger partial charge in [0.1, 0.15) is 11.1 Å². The molecule has 2 aromatic heterocycles. The Morgan fingerprint density at radius 2 is 1.58 bits per heavy atom. The monoisotopic (exact) mass is 428 g/mol. The maximum absolute atomic E-state index is 13.5. The number of fused-ring (bicyclic) bond motifs is 1. The average molecular weight is 429 g/mol. The Balaban J connectivity index is 1.75. The molecule has 0 bridgehead atoms. The van der Waals surface area contributed by atoms with Crippen LogP contribution < -0.4 is 10.3 Å². The maximum atomic E-state index is 13.5. The van der Waals surface area contributed by atoms with Crippen LogP contribution in [0.4, 0.5) is 0 Å². The third-order valence-electron chi connectivity index (χ3n) is 4.89. The second kappa shape index (κ2) is 7.74. The molecule has 0 radical (unpaired) electrons. The number of ether oxygens (including phenoxy) is 1. The molecule has 5 aromatic rings. The SMILES string of the molecule is Cc1ccc(Oc2nc3c(cnn3-c3ccccc3)c(=O)n2-c2ccc(Cl)cc2)cc1. The molecule has 3 aromatic carbocycles. The summed E-state index contributed by atoms with van der Waals surface area (Å²) in [7, 11) is 0. The van der Waals surface area contributed by atoms with E-state index >= 15 is 0 Å². The van der Waals surface area contributed by atoms with Gasteiger partial charge in [-0.1, -0.05) is 47.5 Å². The minimum Gasteiger partial charge on any atom is -0.425 e. The molecule has 6 nitrogen and oxygen atoms in total. The Labute approximate surface area is 182 Å². The molecular formula is C24H17ClN4O2. The van der Waals surface area contributed by atoms with Crippen LogP contribution in [0.15, 0.2) is 89.9 Å². The van der Waals surface area contributed by atoms with Crippen LogP contribution in [0.1, 0.15) is 5.56 Å². The summed E-state index contributed by atoms with van der Waals surface area (Å²) in [6, 6.07) is 24.2. The summed E-state index contributed by atoms with van der Waals surface area (Å²) in [6.07, 6.45) is 1.53. The zero-order chi connectivity index (χ0) is 21.4. The lowest BCUT2D eigenvalue weighted by Crippen LogP contribution is -2.21. The van der Waals surface area contributed by atoms with Crippen LogP contribution in [0, 0.1) is 6.92 Å².